The van der Waals surface area contributed by atoms with Gasteiger partial charge in [-0.2, -0.15) is 0 Å². The van der Waals surface area contributed by atoms with Gasteiger partial charge in [0.05, 0.1) is 12.6 Å². The van der Waals surface area contributed by atoms with Gasteiger partial charge in [-0.15, -0.1) is 0 Å². The highest BCUT2D eigenvalue weighted by Gasteiger charge is 2.28. The van der Waals surface area contributed by atoms with Crippen LogP contribution in [0.25, 0.3) is 0 Å². The van der Waals surface area contributed by atoms with Gasteiger partial charge in [0.25, 0.3) is 0 Å². The van der Waals surface area contributed by atoms with Crippen LogP contribution in [0.5, 0.6) is 11.5 Å². The highest BCUT2D eigenvalue weighted by molar-refractivity contribution is 5.91. The molecule has 1 amide bonds. The second-order valence-electron chi connectivity index (χ2n) is 8.73. The van der Waals surface area contributed by atoms with Crippen molar-refractivity contribution in [3.63, 3.8) is 0 Å². The van der Waals surface area contributed by atoms with Crippen molar-refractivity contribution < 1.29 is 23.9 Å². The molecule has 3 rings (SSSR count). The number of carbonyl (C=O) groups is 3. The first-order valence-corrected chi connectivity index (χ1v) is 12.5. The normalized spacial score (nSPS) is 15.5. The van der Waals surface area contributed by atoms with E-state index < -0.39 is 0 Å². The minimum Gasteiger partial charge on any atom is -0.466 e. The van der Waals surface area contributed by atoms with E-state index in [-0.39, 0.29) is 30.1 Å². The third-order valence-electron chi connectivity index (χ3n) is 5.97. The first kappa shape index (κ1) is 26.2. The minimum absolute atomic E-state index is 0.000116. The van der Waals surface area contributed by atoms with Crippen LogP contribution in [0.15, 0.2) is 66.7 Å². The van der Waals surface area contributed by atoms with Crippen LogP contribution in [-0.4, -0.2) is 41.8 Å². The first-order valence-electron chi connectivity index (χ1n) is 12.5. The minimum atomic E-state index is -0.146. The second kappa shape index (κ2) is 14.1. The molecule has 0 saturated carbocycles. The maximum atomic E-state index is 12.6. The fourth-order valence-electron chi connectivity index (χ4n) is 4.21. The van der Waals surface area contributed by atoms with Crippen molar-refractivity contribution in [1.29, 1.82) is 0 Å². The topological polar surface area (TPSA) is 72.9 Å². The third-order valence-corrected chi connectivity index (χ3v) is 5.97. The SMILES string of the molecule is CCOC(=O)CCCCCCN1C(=O)CCC1/C=C/C(=O)Cc1cccc(Oc2ccccc2)c1. The summed E-state index contributed by atoms with van der Waals surface area (Å²) in [5.41, 5.74) is 0.884. The average Bonchev–Trinajstić information content (AvgIpc) is 3.20. The molecule has 1 aliphatic heterocycles. The number of rotatable bonds is 14. The monoisotopic (exact) mass is 477 g/mol. The number of esters is 1. The molecule has 1 unspecified atom stereocenters. The summed E-state index contributed by atoms with van der Waals surface area (Å²) in [5, 5.41) is 0. The number of unbranched alkanes of at least 4 members (excludes halogenated alkanes) is 3. The molecule has 35 heavy (non-hydrogen) atoms. The summed E-state index contributed by atoms with van der Waals surface area (Å²) in [4.78, 5) is 38.2. The van der Waals surface area contributed by atoms with E-state index >= 15 is 0 Å². The van der Waals surface area contributed by atoms with E-state index in [0.29, 0.717) is 31.7 Å². The van der Waals surface area contributed by atoms with E-state index in [4.69, 9.17) is 9.47 Å². The number of allylic oxidation sites excluding steroid dienone is 1. The molecule has 6 nitrogen and oxygen atoms in total. The number of likely N-dealkylation sites (tertiary alicyclic amines) is 1. The van der Waals surface area contributed by atoms with Gasteiger partial charge in [-0.05, 0) is 62.1 Å². The van der Waals surface area contributed by atoms with Crippen molar-refractivity contribution in [3.8, 4) is 11.5 Å². The van der Waals surface area contributed by atoms with Gasteiger partial charge in [-0.25, -0.2) is 0 Å². The van der Waals surface area contributed by atoms with Crippen LogP contribution >= 0.6 is 0 Å². The number of benzene rings is 2. The van der Waals surface area contributed by atoms with Crippen molar-refractivity contribution >= 4 is 17.7 Å². The summed E-state index contributed by atoms with van der Waals surface area (Å²) in [7, 11) is 0. The molecule has 0 radical (unpaired) electrons. The van der Waals surface area contributed by atoms with E-state index in [9.17, 15) is 14.4 Å². The number of carbonyl (C=O) groups excluding carboxylic acids is 3. The van der Waals surface area contributed by atoms with Crippen molar-refractivity contribution in [1.82, 2.24) is 4.90 Å². The molecule has 0 bridgehead atoms. The van der Waals surface area contributed by atoms with Crippen LogP contribution in [-0.2, 0) is 25.5 Å². The lowest BCUT2D eigenvalue weighted by atomic mass is 10.1. The summed E-state index contributed by atoms with van der Waals surface area (Å²) < 4.78 is 10.8. The molecule has 6 heteroatoms. The Morgan fingerprint density at radius 3 is 2.57 bits per heavy atom. The van der Waals surface area contributed by atoms with Crippen molar-refractivity contribution in [2.24, 2.45) is 0 Å². The predicted octanol–water partition coefficient (Wildman–Crippen LogP) is 5.65. The number of hydrogen-bond donors (Lipinski definition) is 0. The van der Waals surface area contributed by atoms with E-state index in [1.165, 1.54) is 0 Å². The Balaban J connectivity index is 1.43. The van der Waals surface area contributed by atoms with Crippen LogP contribution in [0, 0.1) is 0 Å². The van der Waals surface area contributed by atoms with Crippen LogP contribution in [0.1, 0.15) is 57.4 Å². The molecule has 2 aromatic rings. The smallest absolute Gasteiger partial charge is 0.305 e. The molecule has 2 aromatic carbocycles. The molecule has 0 aliphatic carbocycles. The zero-order chi connectivity index (χ0) is 24.9. The Kier molecular flexibility index (Phi) is 10.6. The Morgan fingerprint density at radius 2 is 1.77 bits per heavy atom. The van der Waals surface area contributed by atoms with Gasteiger partial charge in [0.1, 0.15) is 11.5 Å². The molecule has 0 spiro atoms. The van der Waals surface area contributed by atoms with Gasteiger partial charge < -0.3 is 14.4 Å². The fourth-order valence-corrected chi connectivity index (χ4v) is 4.21. The maximum Gasteiger partial charge on any atom is 0.305 e. The van der Waals surface area contributed by atoms with Crippen molar-refractivity contribution in [3.05, 3.63) is 72.3 Å². The number of ether oxygens (including phenoxy) is 2. The fraction of sp³-hybridized carbons (Fsp3) is 0.414. The molecular weight excluding hydrogens is 442 g/mol. The van der Waals surface area contributed by atoms with E-state index in [1.54, 1.807) is 6.08 Å². The van der Waals surface area contributed by atoms with Gasteiger partial charge >= 0.3 is 5.97 Å². The largest absolute Gasteiger partial charge is 0.466 e. The van der Waals surface area contributed by atoms with E-state index in [2.05, 4.69) is 0 Å². The summed E-state index contributed by atoms with van der Waals surface area (Å²) in [6.45, 7) is 2.91. The summed E-state index contributed by atoms with van der Waals surface area (Å²) >= 11 is 0. The Bertz CT molecular complexity index is 1000. The summed E-state index contributed by atoms with van der Waals surface area (Å²) in [5.74, 6) is 1.44. The van der Waals surface area contributed by atoms with Gasteiger partial charge in [0, 0.05) is 25.8 Å². The zero-order valence-corrected chi connectivity index (χ0v) is 20.5. The molecule has 0 N–H and O–H groups in total. The number of ketones is 1. The summed E-state index contributed by atoms with van der Waals surface area (Å²) in [6.07, 6.45) is 9.07. The Labute approximate surface area is 207 Å². The van der Waals surface area contributed by atoms with Crippen LogP contribution in [0.3, 0.4) is 0 Å². The quantitative estimate of drug-likeness (QED) is 0.200. The number of amides is 1. The van der Waals surface area contributed by atoms with E-state index in [1.807, 2.05) is 72.5 Å². The average molecular weight is 478 g/mol. The van der Waals surface area contributed by atoms with Crippen LogP contribution in [0.2, 0.25) is 0 Å². The molecular formula is C29H35NO5. The highest BCUT2D eigenvalue weighted by Crippen LogP contribution is 2.23. The van der Waals surface area contributed by atoms with Crippen LogP contribution < -0.4 is 4.74 Å². The van der Waals surface area contributed by atoms with Gasteiger partial charge in [0.15, 0.2) is 5.78 Å². The molecule has 1 heterocycles. The summed E-state index contributed by atoms with van der Waals surface area (Å²) in [6, 6.07) is 17.1. The third kappa shape index (κ3) is 9.04. The molecule has 0 aromatic heterocycles. The standard InChI is InChI=1S/C29H35NO5/c1-2-34-29(33)15-8-3-4-9-20-30-24(17-19-28(30)32)16-18-25(31)21-23-11-10-14-27(22-23)35-26-12-6-5-7-13-26/h5-7,10-14,16,18,22,24H,2-4,8-9,15,17,19-21H2,1H3/b18-16+. The molecule has 1 aliphatic rings. The Morgan fingerprint density at radius 1 is 1.00 bits per heavy atom. The lowest BCUT2D eigenvalue weighted by Gasteiger charge is -2.22. The van der Waals surface area contributed by atoms with Crippen LogP contribution in [0.4, 0.5) is 0 Å². The first-order chi connectivity index (χ1) is 17.0. The zero-order valence-electron chi connectivity index (χ0n) is 20.5. The van der Waals surface area contributed by atoms with E-state index in [0.717, 1.165) is 43.4 Å². The predicted molar refractivity (Wildman–Crippen MR) is 135 cm³/mol. The second-order valence-corrected chi connectivity index (χ2v) is 8.73. The molecule has 1 saturated heterocycles. The molecule has 186 valence electrons. The highest BCUT2D eigenvalue weighted by atomic mass is 16.5. The maximum absolute atomic E-state index is 12.6. The van der Waals surface area contributed by atoms with Crippen molar-refractivity contribution in [2.75, 3.05) is 13.2 Å². The Hall–Kier alpha value is -3.41. The van der Waals surface area contributed by atoms with Gasteiger partial charge in [0.2, 0.25) is 5.91 Å². The lowest BCUT2D eigenvalue weighted by molar-refractivity contribution is -0.143. The number of para-hydroxylation sites is 1. The number of hydrogen-bond acceptors (Lipinski definition) is 5. The lowest BCUT2D eigenvalue weighted by Crippen LogP contribution is -2.32. The molecule has 1 atom stereocenters. The van der Waals surface area contributed by atoms with Gasteiger partial charge in [-0.1, -0.05) is 49.2 Å². The van der Waals surface area contributed by atoms with Gasteiger partial charge in [-0.3, -0.25) is 14.4 Å². The number of nitrogens with zero attached hydrogens (tertiary/aromatic N) is 1. The van der Waals surface area contributed by atoms with Crippen molar-refractivity contribution in [2.45, 2.75) is 64.3 Å². The molecule has 1 fully saturated rings.